The van der Waals surface area contributed by atoms with Gasteiger partial charge in [-0.2, -0.15) is 0 Å². The summed E-state index contributed by atoms with van der Waals surface area (Å²) in [6.07, 6.45) is 1.64. The fourth-order valence-electron chi connectivity index (χ4n) is 3.16. The van der Waals surface area contributed by atoms with E-state index >= 15 is 0 Å². The van der Waals surface area contributed by atoms with E-state index < -0.39 is 0 Å². The Morgan fingerprint density at radius 1 is 1.00 bits per heavy atom. The first-order chi connectivity index (χ1) is 14.8. The minimum Gasteiger partial charge on any atom is -0.497 e. The fraction of sp³-hybridized carbons (Fsp3) is 0.0833. The van der Waals surface area contributed by atoms with Crippen LogP contribution in [0.3, 0.4) is 0 Å². The second kappa shape index (κ2) is 9.07. The van der Waals surface area contributed by atoms with E-state index in [1.807, 2.05) is 66.7 Å². The molecule has 0 amide bonds. The van der Waals surface area contributed by atoms with Crippen molar-refractivity contribution in [3.63, 3.8) is 0 Å². The quantitative estimate of drug-likeness (QED) is 0.272. The lowest BCUT2D eigenvalue weighted by atomic mass is 10.1. The third-order valence-corrected chi connectivity index (χ3v) is 4.64. The molecule has 0 spiro atoms. The van der Waals surface area contributed by atoms with Crippen LogP contribution in [-0.2, 0) is 6.54 Å². The average Bonchev–Trinajstić information content (AvgIpc) is 2.81. The number of nitrogens with one attached hydrogen (secondary N) is 1. The molecule has 0 bridgehead atoms. The van der Waals surface area contributed by atoms with Gasteiger partial charge in [0.2, 0.25) is 5.88 Å². The van der Waals surface area contributed by atoms with Gasteiger partial charge < -0.3 is 9.47 Å². The molecule has 6 nitrogen and oxygen atoms in total. The maximum absolute atomic E-state index is 9.73. The minimum atomic E-state index is 0.265. The molecule has 0 aliphatic carbocycles. The Labute approximate surface area is 174 Å². The molecule has 0 saturated carbocycles. The number of aliphatic imine (C=N–C) groups is 1. The van der Waals surface area contributed by atoms with Gasteiger partial charge in [-0.25, -0.2) is 4.98 Å². The van der Waals surface area contributed by atoms with Crippen molar-refractivity contribution in [2.75, 3.05) is 7.11 Å². The molecule has 6 heteroatoms. The number of nitrogens with zero attached hydrogens (tertiary/aromatic N) is 2. The number of pyridine rings is 1. The van der Waals surface area contributed by atoms with Crippen LogP contribution in [0, 0.1) is 0 Å². The first kappa shape index (κ1) is 19.4. The van der Waals surface area contributed by atoms with Crippen LogP contribution in [0.15, 0.2) is 90.1 Å². The number of hydroxylamine groups is 1. The molecule has 1 heterocycles. The highest BCUT2D eigenvalue weighted by Crippen LogP contribution is 2.30. The van der Waals surface area contributed by atoms with Crippen LogP contribution in [0.1, 0.15) is 11.1 Å². The van der Waals surface area contributed by atoms with E-state index in [0.717, 1.165) is 22.1 Å². The number of fused-ring (bicyclic) bond motifs is 1. The lowest BCUT2D eigenvalue weighted by Gasteiger charge is -2.13. The van der Waals surface area contributed by atoms with Gasteiger partial charge in [-0.05, 0) is 41.3 Å². The normalized spacial score (nSPS) is 11.3. The van der Waals surface area contributed by atoms with Crippen LogP contribution < -0.4 is 15.0 Å². The highest BCUT2D eigenvalue weighted by atomic mass is 16.5. The summed E-state index contributed by atoms with van der Waals surface area (Å²) < 4.78 is 11.4. The van der Waals surface area contributed by atoms with Crippen LogP contribution in [0.2, 0.25) is 0 Å². The number of aromatic nitrogens is 1. The highest BCUT2D eigenvalue weighted by molar-refractivity contribution is 6.00. The van der Waals surface area contributed by atoms with Gasteiger partial charge in [0.1, 0.15) is 11.5 Å². The summed E-state index contributed by atoms with van der Waals surface area (Å²) in [6, 6.07) is 25.0. The van der Waals surface area contributed by atoms with Gasteiger partial charge in [-0.3, -0.25) is 15.7 Å². The van der Waals surface area contributed by atoms with Gasteiger partial charge in [-0.15, -0.1) is 0 Å². The summed E-state index contributed by atoms with van der Waals surface area (Å²) >= 11 is 0. The molecule has 0 fully saturated rings. The largest absolute Gasteiger partial charge is 0.497 e. The summed E-state index contributed by atoms with van der Waals surface area (Å²) in [5, 5.41) is 11.8. The van der Waals surface area contributed by atoms with Crippen molar-refractivity contribution in [1.29, 1.82) is 0 Å². The van der Waals surface area contributed by atoms with Crippen molar-refractivity contribution < 1.29 is 14.7 Å². The SMILES string of the molecule is COc1cccc(CN=C(NO)c2cccnc2Oc2cccc3ccccc23)c1. The summed E-state index contributed by atoms with van der Waals surface area (Å²) in [5.74, 6) is 2.04. The number of ether oxygens (including phenoxy) is 2. The lowest BCUT2D eigenvalue weighted by Crippen LogP contribution is -2.21. The zero-order chi connectivity index (χ0) is 20.8. The Balaban J connectivity index is 1.65. The molecule has 4 aromatic rings. The zero-order valence-corrected chi connectivity index (χ0v) is 16.4. The maximum Gasteiger partial charge on any atom is 0.230 e. The van der Waals surface area contributed by atoms with Crippen LogP contribution >= 0.6 is 0 Å². The van der Waals surface area contributed by atoms with E-state index in [1.165, 1.54) is 0 Å². The summed E-state index contributed by atoms with van der Waals surface area (Å²) in [7, 11) is 1.62. The number of hydrogen-bond acceptors (Lipinski definition) is 5. The number of methoxy groups -OCH3 is 1. The molecule has 150 valence electrons. The monoisotopic (exact) mass is 399 g/mol. The van der Waals surface area contributed by atoms with Gasteiger partial charge in [0, 0.05) is 11.6 Å². The van der Waals surface area contributed by atoms with Crippen LogP contribution in [0.4, 0.5) is 0 Å². The van der Waals surface area contributed by atoms with Crippen LogP contribution in [-0.4, -0.2) is 23.1 Å². The molecular weight excluding hydrogens is 378 g/mol. The van der Waals surface area contributed by atoms with E-state index in [0.29, 0.717) is 23.7 Å². The number of amidine groups is 1. The van der Waals surface area contributed by atoms with E-state index in [-0.39, 0.29) is 5.84 Å². The average molecular weight is 399 g/mol. The second-order valence-corrected chi connectivity index (χ2v) is 6.56. The van der Waals surface area contributed by atoms with Crippen molar-refractivity contribution in [1.82, 2.24) is 10.5 Å². The Bertz CT molecular complexity index is 1190. The summed E-state index contributed by atoms with van der Waals surface area (Å²) in [4.78, 5) is 8.86. The van der Waals surface area contributed by atoms with Gasteiger partial charge in [0.15, 0.2) is 5.84 Å². The molecule has 0 unspecified atom stereocenters. The molecule has 0 radical (unpaired) electrons. The van der Waals surface area contributed by atoms with Crippen molar-refractivity contribution in [2.24, 2.45) is 4.99 Å². The first-order valence-corrected chi connectivity index (χ1v) is 9.47. The Morgan fingerprint density at radius 2 is 1.83 bits per heavy atom. The van der Waals surface area contributed by atoms with Gasteiger partial charge in [0.05, 0.1) is 19.2 Å². The molecule has 1 aromatic heterocycles. The second-order valence-electron chi connectivity index (χ2n) is 6.56. The Kier molecular flexibility index (Phi) is 5.87. The third-order valence-electron chi connectivity index (χ3n) is 4.64. The van der Waals surface area contributed by atoms with Crippen molar-refractivity contribution in [3.8, 4) is 17.4 Å². The molecule has 0 aliphatic rings. The summed E-state index contributed by atoms with van der Waals surface area (Å²) in [6.45, 7) is 0.350. The topological polar surface area (TPSA) is 76.0 Å². The molecule has 0 aliphatic heterocycles. The smallest absolute Gasteiger partial charge is 0.230 e. The van der Waals surface area contributed by atoms with E-state index in [2.05, 4.69) is 15.5 Å². The molecule has 30 heavy (non-hydrogen) atoms. The number of rotatable bonds is 6. The number of benzene rings is 3. The van der Waals surface area contributed by atoms with Crippen molar-refractivity contribution >= 4 is 16.6 Å². The van der Waals surface area contributed by atoms with Crippen LogP contribution in [0.25, 0.3) is 10.8 Å². The third kappa shape index (κ3) is 4.24. The Hall–Kier alpha value is -3.90. The molecular formula is C24H21N3O3. The highest BCUT2D eigenvalue weighted by Gasteiger charge is 2.13. The fourth-order valence-corrected chi connectivity index (χ4v) is 3.16. The standard InChI is InChI=1S/C24H21N3O3/c1-29-19-10-4-7-17(15-19)16-26-23(27-28)21-12-6-14-25-24(21)30-22-13-5-9-18-8-2-3-11-20(18)22/h2-15,28H,16H2,1H3,(H,26,27). The number of hydrogen-bond donors (Lipinski definition) is 2. The molecule has 3 aromatic carbocycles. The van der Waals surface area contributed by atoms with Gasteiger partial charge in [0.25, 0.3) is 0 Å². The minimum absolute atomic E-state index is 0.265. The predicted molar refractivity (Wildman–Crippen MR) is 116 cm³/mol. The zero-order valence-electron chi connectivity index (χ0n) is 16.4. The lowest BCUT2D eigenvalue weighted by molar-refractivity contribution is 0.234. The van der Waals surface area contributed by atoms with E-state index in [4.69, 9.17) is 9.47 Å². The van der Waals surface area contributed by atoms with Gasteiger partial charge in [-0.1, -0.05) is 48.5 Å². The van der Waals surface area contributed by atoms with E-state index in [1.54, 1.807) is 25.4 Å². The molecule has 0 saturated heterocycles. The predicted octanol–water partition coefficient (Wildman–Crippen LogP) is 4.96. The van der Waals surface area contributed by atoms with E-state index in [9.17, 15) is 5.21 Å². The maximum atomic E-state index is 9.73. The van der Waals surface area contributed by atoms with Crippen LogP contribution in [0.5, 0.6) is 17.4 Å². The summed E-state index contributed by atoms with van der Waals surface area (Å²) in [5.41, 5.74) is 3.68. The van der Waals surface area contributed by atoms with Crippen molar-refractivity contribution in [2.45, 2.75) is 6.54 Å². The molecule has 4 rings (SSSR count). The van der Waals surface area contributed by atoms with Crippen molar-refractivity contribution in [3.05, 3.63) is 96.2 Å². The van der Waals surface area contributed by atoms with Gasteiger partial charge >= 0.3 is 0 Å². The Morgan fingerprint density at radius 3 is 2.70 bits per heavy atom. The molecule has 0 atom stereocenters. The molecule has 2 N–H and O–H groups in total. The first-order valence-electron chi connectivity index (χ1n) is 9.47.